The summed E-state index contributed by atoms with van der Waals surface area (Å²) in [6.07, 6.45) is -0.260. The van der Waals surface area contributed by atoms with Gasteiger partial charge >= 0.3 is 12.0 Å². The summed E-state index contributed by atoms with van der Waals surface area (Å²) in [5, 5.41) is 5.50. The molecule has 6 nitrogen and oxygen atoms in total. The highest BCUT2D eigenvalue weighted by Gasteiger charge is 2.34. The number of hydrogen-bond donors (Lipinski definition) is 2. The molecule has 0 bridgehead atoms. The van der Waals surface area contributed by atoms with Crippen molar-refractivity contribution in [3.8, 4) is 0 Å². The van der Waals surface area contributed by atoms with Crippen molar-refractivity contribution in [3.05, 3.63) is 41.1 Å². The predicted octanol–water partition coefficient (Wildman–Crippen LogP) is 3.36. The minimum absolute atomic E-state index is 0.168. The number of nitrogens with one attached hydrogen (secondary N) is 2. The Morgan fingerprint density at radius 2 is 1.77 bits per heavy atom. The zero-order chi connectivity index (χ0) is 19.6. The van der Waals surface area contributed by atoms with Gasteiger partial charge in [-0.05, 0) is 37.0 Å². The Labute approximate surface area is 155 Å². The fraction of sp³-hybridized carbons (Fsp3) is 0.500. The van der Waals surface area contributed by atoms with E-state index in [9.17, 15) is 9.59 Å². The maximum Gasteiger partial charge on any atom is 0.338 e. The molecular formula is C20H29N3O3. The van der Waals surface area contributed by atoms with E-state index >= 15 is 0 Å². The third-order valence-electron chi connectivity index (χ3n) is 4.74. The molecule has 0 radical (unpaired) electrons. The van der Waals surface area contributed by atoms with E-state index in [2.05, 4.69) is 10.6 Å². The van der Waals surface area contributed by atoms with Gasteiger partial charge in [-0.1, -0.05) is 32.9 Å². The van der Waals surface area contributed by atoms with Gasteiger partial charge in [-0.15, -0.1) is 0 Å². The molecule has 0 fully saturated rings. The summed E-state index contributed by atoms with van der Waals surface area (Å²) in [6.45, 7) is 9.65. The van der Waals surface area contributed by atoms with Crippen LogP contribution in [0.25, 0.3) is 0 Å². The molecule has 1 heterocycles. The maximum atomic E-state index is 12.9. The monoisotopic (exact) mass is 359 g/mol. The third kappa shape index (κ3) is 4.36. The smallest absolute Gasteiger partial charge is 0.338 e. The van der Waals surface area contributed by atoms with E-state index in [1.165, 1.54) is 0 Å². The second-order valence-electron chi connectivity index (χ2n) is 7.97. The first-order valence-electron chi connectivity index (χ1n) is 8.77. The lowest BCUT2D eigenvalue weighted by Crippen LogP contribution is -2.46. The minimum Gasteiger partial charge on any atom is -0.459 e. The molecule has 0 saturated carbocycles. The highest BCUT2D eigenvalue weighted by molar-refractivity contribution is 5.95. The number of amides is 2. The molecule has 0 aliphatic carbocycles. The molecule has 2 rings (SSSR count). The molecule has 2 N–H and O–H groups in total. The summed E-state index contributed by atoms with van der Waals surface area (Å²) in [5.74, 6) is -0.417. The molecule has 1 aliphatic rings. The molecule has 0 spiro atoms. The van der Waals surface area contributed by atoms with Crippen LogP contribution in [0.4, 0.5) is 10.5 Å². The normalized spacial score (nSPS) is 18.7. The fourth-order valence-electron chi connectivity index (χ4n) is 2.58. The molecule has 1 aromatic rings. The molecule has 2 atom stereocenters. The highest BCUT2D eigenvalue weighted by atomic mass is 16.5. The largest absolute Gasteiger partial charge is 0.459 e. The lowest BCUT2D eigenvalue weighted by atomic mass is 9.90. The molecule has 6 heteroatoms. The molecule has 142 valence electrons. The van der Waals surface area contributed by atoms with Gasteiger partial charge in [-0.25, -0.2) is 9.59 Å². The summed E-state index contributed by atoms with van der Waals surface area (Å²) < 4.78 is 5.68. The van der Waals surface area contributed by atoms with Crippen LogP contribution < -0.4 is 15.5 Å². The number of rotatable bonds is 4. The Balaban J connectivity index is 2.35. The average Bonchev–Trinajstić information content (AvgIpc) is 2.53. The van der Waals surface area contributed by atoms with Gasteiger partial charge < -0.3 is 20.3 Å². The topological polar surface area (TPSA) is 70.7 Å². The first-order valence-corrected chi connectivity index (χ1v) is 8.77. The van der Waals surface area contributed by atoms with Crippen LogP contribution in [0.15, 0.2) is 35.5 Å². The Hall–Kier alpha value is -2.50. The summed E-state index contributed by atoms with van der Waals surface area (Å²) in [6, 6.07) is 6.88. The zero-order valence-corrected chi connectivity index (χ0v) is 16.6. The number of hydrogen-bond acceptors (Lipinski definition) is 4. The van der Waals surface area contributed by atoms with E-state index < -0.39 is 12.0 Å². The molecular weight excluding hydrogens is 330 g/mol. The lowest BCUT2D eigenvalue weighted by Gasteiger charge is -2.31. The van der Waals surface area contributed by atoms with Crippen molar-refractivity contribution in [1.82, 2.24) is 10.6 Å². The van der Waals surface area contributed by atoms with Crippen LogP contribution in [0.5, 0.6) is 0 Å². The molecule has 0 saturated heterocycles. The number of carbonyl (C=O) groups is 2. The van der Waals surface area contributed by atoms with Crippen LogP contribution in [0.2, 0.25) is 0 Å². The average molecular weight is 359 g/mol. The molecule has 0 unspecified atom stereocenters. The Bertz CT molecular complexity index is 715. The predicted molar refractivity (Wildman–Crippen MR) is 103 cm³/mol. The van der Waals surface area contributed by atoms with E-state index in [-0.39, 0.29) is 17.6 Å². The number of esters is 1. The van der Waals surface area contributed by atoms with E-state index in [1.54, 1.807) is 6.92 Å². The van der Waals surface area contributed by atoms with Crippen LogP contribution in [0.3, 0.4) is 0 Å². The number of carbonyl (C=O) groups excluding carboxylic acids is 2. The van der Waals surface area contributed by atoms with E-state index in [0.717, 1.165) is 11.3 Å². The van der Waals surface area contributed by atoms with Crippen molar-refractivity contribution in [2.45, 2.75) is 46.8 Å². The Morgan fingerprint density at radius 3 is 2.27 bits per heavy atom. The molecule has 26 heavy (non-hydrogen) atoms. The molecule has 2 amide bonds. The van der Waals surface area contributed by atoms with Gasteiger partial charge in [0.2, 0.25) is 0 Å². The number of benzene rings is 1. The van der Waals surface area contributed by atoms with Gasteiger partial charge in [0, 0.05) is 25.5 Å². The van der Waals surface area contributed by atoms with Crippen LogP contribution >= 0.6 is 0 Å². The van der Waals surface area contributed by atoms with Crippen LogP contribution in [0.1, 0.15) is 46.2 Å². The van der Waals surface area contributed by atoms with Crippen molar-refractivity contribution in [3.63, 3.8) is 0 Å². The van der Waals surface area contributed by atoms with Gasteiger partial charge in [0.25, 0.3) is 0 Å². The standard InChI is InChI=1S/C20H29N3O3/c1-12-16(18(24)26-13(2)20(3,4)5)17(22-19(25)21-12)14-8-10-15(11-9-14)23(6)7/h8-11,13,17H,1-7H3,(H2,21,22,25)/t13-,17-/m0/s1. The SMILES string of the molecule is CC1=C(C(=O)O[C@@H](C)C(C)(C)C)[C@H](c2ccc(N(C)C)cc2)NC(=O)N1. The van der Waals surface area contributed by atoms with Crippen molar-refractivity contribution in [1.29, 1.82) is 0 Å². The van der Waals surface area contributed by atoms with Crippen LogP contribution in [0, 0.1) is 5.41 Å². The first kappa shape index (κ1) is 19.8. The molecule has 0 aromatic heterocycles. The van der Waals surface area contributed by atoms with Gasteiger partial charge in [0.15, 0.2) is 0 Å². The number of nitrogens with zero attached hydrogens (tertiary/aromatic N) is 1. The van der Waals surface area contributed by atoms with E-state index in [0.29, 0.717) is 11.3 Å². The second kappa shape index (κ2) is 7.40. The maximum absolute atomic E-state index is 12.9. The summed E-state index contributed by atoms with van der Waals surface area (Å²) in [7, 11) is 3.92. The first-order chi connectivity index (χ1) is 12.0. The second-order valence-corrected chi connectivity index (χ2v) is 7.97. The third-order valence-corrected chi connectivity index (χ3v) is 4.74. The summed E-state index contributed by atoms with van der Waals surface area (Å²) in [4.78, 5) is 26.8. The van der Waals surface area contributed by atoms with Gasteiger partial charge in [0.05, 0.1) is 11.6 Å². The minimum atomic E-state index is -0.542. The Morgan fingerprint density at radius 1 is 1.19 bits per heavy atom. The van der Waals surface area contributed by atoms with Gasteiger partial charge in [-0.2, -0.15) is 0 Å². The van der Waals surface area contributed by atoms with Gasteiger partial charge in [-0.3, -0.25) is 0 Å². The number of anilines is 1. The molecule has 1 aromatic carbocycles. The fourth-order valence-corrected chi connectivity index (χ4v) is 2.58. The highest BCUT2D eigenvalue weighted by Crippen LogP contribution is 2.30. The van der Waals surface area contributed by atoms with Gasteiger partial charge in [0.1, 0.15) is 6.10 Å². The molecule has 1 aliphatic heterocycles. The number of ether oxygens (including phenoxy) is 1. The van der Waals surface area contributed by atoms with Crippen LogP contribution in [-0.2, 0) is 9.53 Å². The number of allylic oxidation sites excluding steroid dienone is 1. The van der Waals surface area contributed by atoms with Crippen molar-refractivity contribution in [2.24, 2.45) is 5.41 Å². The summed E-state index contributed by atoms with van der Waals surface area (Å²) in [5.41, 5.74) is 2.65. The van der Waals surface area contributed by atoms with E-state index in [1.807, 2.05) is 71.0 Å². The van der Waals surface area contributed by atoms with E-state index in [4.69, 9.17) is 4.74 Å². The zero-order valence-electron chi connectivity index (χ0n) is 16.6. The van der Waals surface area contributed by atoms with Crippen molar-refractivity contribution in [2.75, 3.05) is 19.0 Å². The lowest BCUT2D eigenvalue weighted by molar-refractivity contribution is -0.149. The number of urea groups is 1. The quantitative estimate of drug-likeness (QED) is 0.809. The Kier molecular flexibility index (Phi) is 5.64. The van der Waals surface area contributed by atoms with Crippen LogP contribution in [-0.4, -0.2) is 32.2 Å². The van der Waals surface area contributed by atoms with Crippen molar-refractivity contribution >= 4 is 17.7 Å². The summed E-state index contributed by atoms with van der Waals surface area (Å²) >= 11 is 0. The van der Waals surface area contributed by atoms with Crippen molar-refractivity contribution < 1.29 is 14.3 Å².